The lowest BCUT2D eigenvalue weighted by atomic mass is 10.1. The van der Waals surface area contributed by atoms with Crippen molar-refractivity contribution in [3.8, 4) is 0 Å². The molecule has 128 valence electrons. The first-order chi connectivity index (χ1) is 11.1. The Balaban J connectivity index is 2.21. The number of sulfonamides is 1. The van der Waals surface area contributed by atoms with Crippen molar-refractivity contribution in [2.45, 2.75) is 18.0 Å². The monoisotopic (exact) mass is 358 g/mol. The number of hydrogen-bond donors (Lipinski definition) is 2. The molecule has 0 saturated carbocycles. The van der Waals surface area contributed by atoms with E-state index in [1.807, 2.05) is 5.43 Å². The van der Waals surface area contributed by atoms with Gasteiger partial charge in [-0.25, -0.2) is 8.42 Å². The van der Waals surface area contributed by atoms with Crippen LogP contribution >= 0.6 is 0 Å². The maximum atomic E-state index is 12.9. The van der Waals surface area contributed by atoms with Crippen molar-refractivity contribution < 1.29 is 26.4 Å². The summed E-state index contributed by atoms with van der Waals surface area (Å²) in [6, 6.07) is 9.90. The lowest BCUT2D eigenvalue weighted by molar-refractivity contribution is -0.139. The van der Waals surface area contributed by atoms with Gasteiger partial charge in [0.05, 0.1) is 10.5 Å². The van der Waals surface area contributed by atoms with Crippen LogP contribution in [-0.4, -0.2) is 14.3 Å². The molecule has 1 amide bonds. The van der Waals surface area contributed by atoms with Gasteiger partial charge in [0.2, 0.25) is 0 Å². The number of alkyl halides is 3. The van der Waals surface area contributed by atoms with E-state index in [2.05, 4.69) is 0 Å². The number of carbonyl (C=O) groups is 1. The van der Waals surface area contributed by atoms with Gasteiger partial charge in [-0.1, -0.05) is 29.8 Å². The normalized spacial score (nSPS) is 12.0. The van der Waals surface area contributed by atoms with E-state index in [0.29, 0.717) is 6.07 Å². The second-order valence-electron chi connectivity index (χ2n) is 4.92. The van der Waals surface area contributed by atoms with E-state index in [1.54, 1.807) is 23.9 Å². The summed E-state index contributed by atoms with van der Waals surface area (Å²) in [4.78, 5) is 12.6. The standard InChI is InChI=1S/C15H13F3N2O3S/c1-10-6-8-11(9-7-10)14(21)19-20-24(22,23)13-5-3-2-4-12(13)15(16,17)18/h2-9,20H,1H3,(H,19,21). The van der Waals surface area contributed by atoms with Gasteiger partial charge in [-0.15, -0.1) is 4.83 Å². The second-order valence-corrected chi connectivity index (χ2v) is 6.57. The van der Waals surface area contributed by atoms with Crippen molar-refractivity contribution in [2.75, 3.05) is 0 Å². The lowest BCUT2D eigenvalue weighted by Crippen LogP contribution is -2.42. The zero-order chi connectivity index (χ0) is 18.0. The van der Waals surface area contributed by atoms with Crippen LogP contribution in [0.1, 0.15) is 21.5 Å². The molecule has 0 unspecified atom stereocenters. The summed E-state index contributed by atoms with van der Waals surface area (Å²) < 4.78 is 62.8. The molecular weight excluding hydrogens is 345 g/mol. The number of carbonyl (C=O) groups excluding carboxylic acids is 1. The van der Waals surface area contributed by atoms with Gasteiger partial charge in [0.1, 0.15) is 0 Å². The first-order valence-electron chi connectivity index (χ1n) is 6.66. The third kappa shape index (κ3) is 4.12. The van der Waals surface area contributed by atoms with E-state index in [4.69, 9.17) is 0 Å². The smallest absolute Gasteiger partial charge is 0.273 e. The molecular formula is C15H13F3N2O3S. The molecule has 9 heteroatoms. The molecule has 24 heavy (non-hydrogen) atoms. The van der Waals surface area contributed by atoms with Crippen LogP contribution in [0.15, 0.2) is 53.4 Å². The predicted octanol–water partition coefficient (Wildman–Crippen LogP) is 2.64. The van der Waals surface area contributed by atoms with Crippen LogP contribution in [0, 0.1) is 6.92 Å². The van der Waals surface area contributed by atoms with Crippen LogP contribution in [0.5, 0.6) is 0 Å². The maximum Gasteiger partial charge on any atom is 0.417 e. The Hall–Kier alpha value is -2.39. The predicted molar refractivity (Wildman–Crippen MR) is 80.4 cm³/mol. The van der Waals surface area contributed by atoms with Gasteiger partial charge in [-0.2, -0.15) is 13.2 Å². The quantitative estimate of drug-likeness (QED) is 0.825. The molecule has 2 aromatic rings. The summed E-state index contributed by atoms with van der Waals surface area (Å²) in [5.74, 6) is -0.789. The van der Waals surface area contributed by atoms with Gasteiger partial charge >= 0.3 is 6.18 Å². The average Bonchev–Trinajstić information content (AvgIpc) is 2.52. The molecule has 2 aromatic carbocycles. The molecule has 0 bridgehead atoms. The fourth-order valence-electron chi connectivity index (χ4n) is 1.88. The summed E-state index contributed by atoms with van der Waals surface area (Å²) in [7, 11) is -4.59. The van der Waals surface area contributed by atoms with Crippen LogP contribution in [0.4, 0.5) is 13.2 Å². The molecule has 2 N–H and O–H groups in total. The number of benzene rings is 2. The molecule has 0 aliphatic carbocycles. The van der Waals surface area contributed by atoms with E-state index in [0.717, 1.165) is 23.8 Å². The van der Waals surface area contributed by atoms with E-state index < -0.39 is 32.6 Å². The number of hydrazine groups is 1. The molecule has 0 spiro atoms. The van der Waals surface area contributed by atoms with Crippen LogP contribution in [-0.2, 0) is 16.2 Å². The van der Waals surface area contributed by atoms with E-state index in [9.17, 15) is 26.4 Å². The van der Waals surface area contributed by atoms with Crippen LogP contribution in [0.3, 0.4) is 0 Å². The minimum Gasteiger partial charge on any atom is -0.273 e. The molecule has 5 nitrogen and oxygen atoms in total. The van der Waals surface area contributed by atoms with Gasteiger partial charge in [0.15, 0.2) is 0 Å². The molecule has 0 aliphatic heterocycles. The summed E-state index contributed by atoms with van der Waals surface area (Å²) >= 11 is 0. The van der Waals surface area contributed by atoms with E-state index in [-0.39, 0.29) is 5.56 Å². The van der Waals surface area contributed by atoms with Gasteiger partial charge in [-0.3, -0.25) is 10.2 Å². The van der Waals surface area contributed by atoms with Gasteiger partial charge in [-0.05, 0) is 31.2 Å². The molecule has 0 atom stereocenters. The Labute approximate surface area is 136 Å². The molecule has 0 heterocycles. The third-order valence-electron chi connectivity index (χ3n) is 3.09. The van der Waals surface area contributed by atoms with Crippen molar-refractivity contribution in [1.29, 1.82) is 0 Å². The van der Waals surface area contributed by atoms with Crippen LogP contribution < -0.4 is 10.3 Å². The molecule has 0 aliphatic rings. The Kier molecular flexibility index (Phi) is 4.95. The zero-order valence-electron chi connectivity index (χ0n) is 12.4. The Morgan fingerprint density at radius 2 is 1.58 bits per heavy atom. The Bertz CT molecular complexity index is 847. The highest BCUT2D eigenvalue weighted by molar-refractivity contribution is 7.89. The summed E-state index contributed by atoms with van der Waals surface area (Å²) in [6.45, 7) is 1.80. The minimum absolute atomic E-state index is 0.160. The highest BCUT2D eigenvalue weighted by atomic mass is 32.2. The maximum absolute atomic E-state index is 12.9. The van der Waals surface area contributed by atoms with Gasteiger partial charge in [0, 0.05) is 5.56 Å². The summed E-state index contributed by atoms with van der Waals surface area (Å²) in [5.41, 5.74) is 1.63. The van der Waals surface area contributed by atoms with Crippen LogP contribution in [0.2, 0.25) is 0 Å². The highest BCUT2D eigenvalue weighted by Gasteiger charge is 2.36. The van der Waals surface area contributed by atoms with Crippen molar-refractivity contribution in [1.82, 2.24) is 10.3 Å². The van der Waals surface area contributed by atoms with Crippen molar-refractivity contribution in [3.05, 3.63) is 65.2 Å². The lowest BCUT2D eigenvalue weighted by Gasteiger charge is -2.14. The van der Waals surface area contributed by atoms with Gasteiger partial charge in [0.25, 0.3) is 15.9 Å². The first-order valence-corrected chi connectivity index (χ1v) is 8.14. The number of rotatable bonds is 4. The van der Waals surface area contributed by atoms with Crippen molar-refractivity contribution in [3.63, 3.8) is 0 Å². The van der Waals surface area contributed by atoms with Gasteiger partial charge < -0.3 is 0 Å². The Morgan fingerprint density at radius 1 is 1.00 bits per heavy atom. The van der Waals surface area contributed by atoms with Crippen molar-refractivity contribution >= 4 is 15.9 Å². The SMILES string of the molecule is Cc1ccc(C(=O)NNS(=O)(=O)c2ccccc2C(F)(F)F)cc1. The third-order valence-corrected chi connectivity index (χ3v) is 4.40. The molecule has 2 rings (SSSR count). The number of nitrogens with one attached hydrogen (secondary N) is 2. The average molecular weight is 358 g/mol. The molecule has 0 fully saturated rings. The first kappa shape index (κ1) is 18.0. The van der Waals surface area contributed by atoms with E-state index >= 15 is 0 Å². The van der Waals surface area contributed by atoms with E-state index in [1.165, 1.54) is 12.1 Å². The minimum atomic E-state index is -4.84. The summed E-state index contributed by atoms with van der Waals surface area (Å²) in [6.07, 6.45) is -4.84. The fourth-order valence-corrected chi connectivity index (χ4v) is 2.95. The number of aryl methyl sites for hydroxylation is 1. The topological polar surface area (TPSA) is 75.3 Å². The van der Waals surface area contributed by atoms with Crippen LogP contribution in [0.25, 0.3) is 0 Å². The highest BCUT2D eigenvalue weighted by Crippen LogP contribution is 2.33. The Morgan fingerprint density at radius 3 is 2.17 bits per heavy atom. The summed E-state index contributed by atoms with van der Waals surface area (Å²) in [5, 5.41) is 0. The molecule has 0 aromatic heterocycles. The number of hydrogen-bond acceptors (Lipinski definition) is 3. The largest absolute Gasteiger partial charge is 0.417 e. The second kappa shape index (κ2) is 6.62. The number of amides is 1. The molecule has 0 radical (unpaired) electrons. The van der Waals surface area contributed by atoms with Crippen molar-refractivity contribution in [2.24, 2.45) is 0 Å². The fraction of sp³-hybridized carbons (Fsp3) is 0.133. The number of halogens is 3. The zero-order valence-corrected chi connectivity index (χ0v) is 13.2. The molecule has 0 saturated heterocycles.